The number of hydrogen-bond donors (Lipinski definition) is 1. The summed E-state index contributed by atoms with van der Waals surface area (Å²) in [6.45, 7) is 3.91. The van der Waals surface area contributed by atoms with Crippen molar-refractivity contribution in [2.75, 3.05) is 0 Å². The quantitative estimate of drug-likeness (QED) is 0.729. The molecule has 60 valence electrons. The average molecular weight is 215 g/mol. The molecule has 0 saturated carbocycles. The molecular formula is C8H11BrN2. The Hall–Kier alpha value is -0.410. The van der Waals surface area contributed by atoms with Crippen LogP contribution >= 0.6 is 15.9 Å². The molecule has 11 heavy (non-hydrogen) atoms. The van der Waals surface area contributed by atoms with E-state index in [2.05, 4.69) is 20.9 Å². The van der Waals surface area contributed by atoms with Gasteiger partial charge in [-0.25, -0.2) is 4.98 Å². The zero-order chi connectivity index (χ0) is 8.43. The molecule has 0 radical (unpaired) electrons. The Morgan fingerprint density at radius 1 is 1.55 bits per heavy atom. The second kappa shape index (κ2) is 3.32. The highest BCUT2D eigenvalue weighted by molar-refractivity contribution is 9.10. The fraction of sp³-hybridized carbons (Fsp3) is 0.375. The lowest BCUT2D eigenvalue weighted by Gasteiger charge is -2.06. The van der Waals surface area contributed by atoms with Crippen LogP contribution in [-0.4, -0.2) is 4.98 Å². The normalized spacial score (nSPS) is 13.1. The van der Waals surface area contributed by atoms with Gasteiger partial charge in [0, 0.05) is 11.7 Å². The number of aromatic nitrogens is 1. The van der Waals surface area contributed by atoms with Crippen molar-refractivity contribution in [2.45, 2.75) is 19.9 Å². The van der Waals surface area contributed by atoms with Crippen LogP contribution in [0.1, 0.15) is 24.2 Å². The van der Waals surface area contributed by atoms with Crippen LogP contribution in [0.2, 0.25) is 0 Å². The maximum atomic E-state index is 5.70. The summed E-state index contributed by atoms with van der Waals surface area (Å²) in [6, 6.07) is 4.01. The van der Waals surface area contributed by atoms with Crippen LogP contribution in [0.3, 0.4) is 0 Å². The monoisotopic (exact) mass is 214 g/mol. The van der Waals surface area contributed by atoms with E-state index in [0.29, 0.717) is 0 Å². The first-order chi connectivity index (χ1) is 5.09. The summed E-state index contributed by atoms with van der Waals surface area (Å²) in [4.78, 5) is 4.18. The lowest BCUT2D eigenvalue weighted by Crippen LogP contribution is -2.05. The van der Waals surface area contributed by atoms with E-state index in [1.165, 1.54) is 0 Å². The Kier molecular flexibility index (Phi) is 2.62. The summed E-state index contributed by atoms with van der Waals surface area (Å²) in [5.74, 6) is 0. The molecule has 3 heteroatoms. The molecule has 2 N–H and O–H groups in total. The van der Waals surface area contributed by atoms with Gasteiger partial charge in [-0.3, -0.25) is 0 Å². The highest BCUT2D eigenvalue weighted by Gasteiger charge is 2.01. The Labute approximate surface area is 75.0 Å². The minimum atomic E-state index is 0.0769. The SMILES string of the molecule is Cc1cc(C(C)N)cc(Br)n1. The van der Waals surface area contributed by atoms with Crippen LogP contribution in [0, 0.1) is 6.92 Å². The number of pyridine rings is 1. The van der Waals surface area contributed by atoms with E-state index in [0.717, 1.165) is 15.9 Å². The molecule has 0 aliphatic heterocycles. The molecule has 1 heterocycles. The molecule has 0 aromatic carbocycles. The first-order valence-electron chi connectivity index (χ1n) is 3.49. The fourth-order valence-corrected chi connectivity index (χ4v) is 1.46. The van der Waals surface area contributed by atoms with Crippen molar-refractivity contribution in [3.05, 3.63) is 28.0 Å². The molecule has 0 spiro atoms. The fourth-order valence-electron chi connectivity index (χ4n) is 0.916. The molecular weight excluding hydrogens is 204 g/mol. The minimum Gasteiger partial charge on any atom is -0.324 e. The van der Waals surface area contributed by atoms with Crippen molar-refractivity contribution in [2.24, 2.45) is 5.73 Å². The molecule has 0 aliphatic carbocycles. The molecule has 1 atom stereocenters. The predicted octanol–water partition coefficient (Wildman–Crippen LogP) is 2.17. The standard InChI is InChI=1S/C8H11BrN2/c1-5-3-7(6(2)10)4-8(9)11-5/h3-4,6H,10H2,1-2H3. The van der Waals surface area contributed by atoms with E-state index in [1.807, 2.05) is 26.0 Å². The third-order valence-corrected chi connectivity index (χ3v) is 1.88. The van der Waals surface area contributed by atoms with E-state index in [1.54, 1.807) is 0 Å². The highest BCUT2D eigenvalue weighted by Crippen LogP contribution is 2.15. The molecule has 1 rings (SSSR count). The van der Waals surface area contributed by atoms with Crippen LogP contribution in [-0.2, 0) is 0 Å². The number of hydrogen-bond acceptors (Lipinski definition) is 2. The second-order valence-corrected chi connectivity index (χ2v) is 3.47. The van der Waals surface area contributed by atoms with Gasteiger partial charge in [0.25, 0.3) is 0 Å². The van der Waals surface area contributed by atoms with E-state index in [9.17, 15) is 0 Å². The summed E-state index contributed by atoms with van der Waals surface area (Å²) in [6.07, 6.45) is 0. The minimum absolute atomic E-state index is 0.0769. The van der Waals surface area contributed by atoms with Gasteiger partial charge in [0.05, 0.1) is 0 Å². The van der Waals surface area contributed by atoms with Crippen LogP contribution < -0.4 is 5.73 Å². The number of rotatable bonds is 1. The number of halogens is 1. The van der Waals surface area contributed by atoms with Crippen LogP contribution in [0.25, 0.3) is 0 Å². The van der Waals surface area contributed by atoms with Crippen molar-refractivity contribution >= 4 is 15.9 Å². The Morgan fingerprint density at radius 2 is 2.18 bits per heavy atom. The third-order valence-electron chi connectivity index (χ3n) is 1.47. The Balaban J connectivity index is 3.08. The molecule has 0 bridgehead atoms. The molecule has 0 fully saturated rings. The van der Waals surface area contributed by atoms with Crippen molar-refractivity contribution < 1.29 is 0 Å². The van der Waals surface area contributed by atoms with Gasteiger partial charge in [0.2, 0.25) is 0 Å². The Morgan fingerprint density at radius 3 is 2.64 bits per heavy atom. The maximum absolute atomic E-state index is 5.70. The third kappa shape index (κ3) is 2.27. The molecule has 0 aliphatic rings. The van der Waals surface area contributed by atoms with Gasteiger partial charge in [0.1, 0.15) is 4.60 Å². The van der Waals surface area contributed by atoms with Gasteiger partial charge in [-0.05, 0) is 47.5 Å². The van der Waals surface area contributed by atoms with Gasteiger partial charge in [-0.2, -0.15) is 0 Å². The van der Waals surface area contributed by atoms with E-state index >= 15 is 0 Å². The van der Waals surface area contributed by atoms with Crippen molar-refractivity contribution in [1.29, 1.82) is 0 Å². The van der Waals surface area contributed by atoms with Crippen LogP contribution in [0.4, 0.5) is 0 Å². The number of nitrogens with zero attached hydrogens (tertiary/aromatic N) is 1. The van der Waals surface area contributed by atoms with Gasteiger partial charge < -0.3 is 5.73 Å². The molecule has 1 unspecified atom stereocenters. The van der Waals surface area contributed by atoms with E-state index in [-0.39, 0.29) is 6.04 Å². The molecule has 0 saturated heterocycles. The number of nitrogens with two attached hydrogens (primary N) is 1. The van der Waals surface area contributed by atoms with Gasteiger partial charge in [-0.1, -0.05) is 0 Å². The summed E-state index contributed by atoms with van der Waals surface area (Å²) in [7, 11) is 0. The smallest absolute Gasteiger partial charge is 0.106 e. The summed E-state index contributed by atoms with van der Waals surface area (Å²) >= 11 is 3.31. The molecule has 1 aromatic heterocycles. The molecule has 2 nitrogen and oxygen atoms in total. The highest BCUT2D eigenvalue weighted by atomic mass is 79.9. The first-order valence-corrected chi connectivity index (χ1v) is 4.28. The van der Waals surface area contributed by atoms with Crippen molar-refractivity contribution in [1.82, 2.24) is 4.98 Å². The summed E-state index contributed by atoms with van der Waals surface area (Å²) < 4.78 is 0.852. The summed E-state index contributed by atoms with van der Waals surface area (Å²) in [5.41, 5.74) is 7.81. The van der Waals surface area contributed by atoms with Gasteiger partial charge in [0.15, 0.2) is 0 Å². The van der Waals surface area contributed by atoms with E-state index in [4.69, 9.17) is 5.73 Å². The molecule has 0 amide bonds. The molecule has 1 aromatic rings. The van der Waals surface area contributed by atoms with Crippen LogP contribution in [0.5, 0.6) is 0 Å². The van der Waals surface area contributed by atoms with Crippen molar-refractivity contribution in [3.63, 3.8) is 0 Å². The second-order valence-electron chi connectivity index (χ2n) is 2.65. The van der Waals surface area contributed by atoms with Gasteiger partial charge in [-0.15, -0.1) is 0 Å². The topological polar surface area (TPSA) is 38.9 Å². The van der Waals surface area contributed by atoms with Gasteiger partial charge >= 0.3 is 0 Å². The Bertz CT molecular complexity index is 238. The lowest BCUT2D eigenvalue weighted by atomic mass is 10.1. The zero-order valence-electron chi connectivity index (χ0n) is 6.63. The van der Waals surface area contributed by atoms with E-state index < -0.39 is 0 Å². The largest absolute Gasteiger partial charge is 0.324 e. The maximum Gasteiger partial charge on any atom is 0.106 e. The average Bonchev–Trinajstić information content (AvgIpc) is 1.85. The number of aryl methyl sites for hydroxylation is 1. The first kappa shape index (κ1) is 8.68. The summed E-state index contributed by atoms with van der Waals surface area (Å²) in [5, 5.41) is 0. The zero-order valence-corrected chi connectivity index (χ0v) is 8.22. The lowest BCUT2D eigenvalue weighted by molar-refractivity contribution is 0.811. The predicted molar refractivity (Wildman–Crippen MR) is 49.3 cm³/mol. The van der Waals surface area contributed by atoms with Crippen molar-refractivity contribution in [3.8, 4) is 0 Å². The van der Waals surface area contributed by atoms with Crippen LogP contribution in [0.15, 0.2) is 16.7 Å².